The van der Waals surface area contributed by atoms with E-state index in [4.69, 9.17) is 16.3 Å². The van der Waals surface area contributed by atoms with Crippen molar-refractivity contribution in [3.8, 4) is 5.75 Å². The molecule has 0 unspecified atom stereocenters. The Morgan fingerprint density at radius 1 is 1.42 bits per heavy atom. The van der Waals surface area contributed by atoms with Gasteiger partial charge in [-0.3, -0.25) is 10.1 Å². The monoisotopic (exact) mass is 296 g/mol. The number of halogens is 1. The first-order chi connectivity index (χ1) is 9.04. The number of amides is 1. The van der Waals surface area contributed by atoms with Gasteiger partial charge >= 0.3 is 0 Å². The van der Waals surface area contributed by atoms with E-state index >= 15 is 0 Å². The smallest absolute Gasteiger partial charge is 0.266 e. The van der Waals surface area contributed by atoms with Crippen LogP contribution in [0.5, 0.6) is 5.75 Å². The number of nitrogens with zero attached hydrogens (tertiary/aromatic N) is 1. The molecule has 1 heterocycles. The Balaban J connectivity index is 1.94. The number of carbonyl (C=O) groups is 1. The van der Waals surface area contributed by atoms with Crippen LogP contribution in [0.1, 0.15) is 12.6 Å². The number of thiazole rings is 1. The first-order valence-corrected chi connectivity index (χ1v) is 6.95. The Morgan fingerprint density at radius 2 is 2.11 bits per heavy atom. The Hall–Kier alpha value is -1.59. The molecule has 19 heavy (non-hydrogen) atoms. The third-order valence-corrected chi connectivity index (χ3v) is 3.47. The molecule has 0 aliphatic carbocycles. The van der Waals surface area contributed by atoms with Gasteiger partial charge in [0.25, 0.3) is 5.91 Å². The third kappa shape index (κ3) is 3.94. The molecule has 6 heteroatoms. The van der Waals surface area contributed by atoms with Crippen molar-refractivity contribution >= 4 is 34.0 Å². The van der Waals surface area contributed by atoms with Crippen LogP contribution in [0.2, 0.25) is 5.02 Å². The lowest BCUT2D eigenvalue weighted by molar-refractivity contribution is -0.122. The Kier molecular flexibility index (Phi) is 4.39. The second kappa shape index (κ2) is 6.04. The summed E-state index contributed by atoms with van der Waals surface area (Å²) in [4.78, 5) is 16.1. The summed E-state index contributed by atoms with van der Waals surface area (Å²) < 4.78 is 5.52. The molecule has 1 N–H and O–H groups in total. The maximum Gasteiger partial charge on any atom is 0.266 e. The van der Waals surface area contributed by atoms with Crippen molar-refractivity contribution in [2.24, 2.45) is 0 Å². The fraction of sp³-hybridized carbons (Fsp3) is 0.231. The summed E-state index contributed by atoms with van der Waals surface area (Å²) in [6, 6.07) is 6.87. The molecular weight excluding hydrogens is 284 g/mol. The minimum absolute atomic E-state index is 0.232. The van der Waals surface area contributed by atoms with E-state index in [2.05, 4.69) is 10.3 Å². The summed E-state index contributed by atoms with van der Waals surface area (Å²) in [5.74, 6) is 0.367. The fourth-order valence-corrected chi connectivity index (χ4v) is 2.21. The highest BCUT2D eigenvalue weighted by Crippen LogP contribution is 2.18. The molecule has 0 radical (unpaired) electrons. The molecule has 1 aromatic carbocycles. The number of aryl methyl sites for hydroxylation is 1. The molecule has 0 saturated heterocycles. The van der Waals surface area contributed by atoms with Gasteiger partial charge in [-0.15, -0.1) is 11.3 Å². The normalized spacial score (nSPS) is 11.9. The number of nitrogens with one attached hydrogen (secondary N) is 1. The number of hydrogen-bond donors (Lipinski definition) is 1. The van der Waals surface area contributed by atoms with Gasteiger partial charge in [-0.25, -0.2) is 4.98 Å². The Morgan fingerprint density at radius 3 is 2.68 bits per heavy atom. The molecule has 1 atom stereocenters. The van der Waals surface area contributed by atoms with Crippen LogP contribution in [-0.2, 0) is 4.79 Å². The number of ether oxygens (including phenoxy) is 1. The van der Waals surface area contributed by atoms with Gasteiger partial charge < -0.3 is 4.74 Å². The van der Waals surface area contributed by atoms with Gasteiger partial charge in [0.2, 0.25) is 0 Å². The third-order valence-electron chi connectivity index (χ3n) is 2.34. The van der Waals surface area contributed by atoms with Crippen LogP contribution < -0.4 is 10.1 Å². The lowest BCUT2D eigenvalue weighted by Gasteiger charge is -2.13. The van der Waals surface area contributed by atoms with Crippen LogP contribution in [0.4, 0.5) is 5.13 Å². The van der Waals surface area contributed by atoms with E-state index in [0.29, 0.717) is 15.9 Å². The molecule has 0 aliphatic rings. The molecule has 0 fully saturated rings. The number of benzene rings is 1. The van der Waals surface area contributed by atoms with Crippen molar-refractivity contribution in [2.75, 3.05) is 5.32 Å². The summed E-state index contributed by atoms with van der Waals surface area (Å²) >= 11 is 7.17. The molecule has 2 aromatic rings. The Labute approximate surface area is 120 Å². The molecule has 0 spiro atoms. The van der Waals surface area contributed by atoms with Crippen molar-refractivity contribution in [2.45, 2.75) is 20.0 Å². The van der Waals surface area contributed by atoms with Gasteiger partial charge in [-0.1, -0.05) is 11.6 Å². The Bertz CT molecular complexity index is 568. The summed E-state index contributed by atoms with van der Waals surface area (Å²) in [7, 11) is 0. The minimum Gasteiger partial charge on any atom is -0.481 e. The van der Waals surface area contributed by atoms with Crippen molar-refractivity contribution in [3.05, 3.63) is 40.4 Å². The molecular formula is C13H13ClN2O2S. The van der Waals surface area contributed by atoms with Crippen molar-refractivity contribution in [3.63, 3.8) is 0 Å². The van der Waals surface area contributed by atoms with E-state index in [9.17, 15) is 4.79 Å². The first kappa shape index (κ1) is 13.8. The molecule has 1 aromatic heterocycles. The minimum atomic E-state index is -0.606. The predicted octanol–water partition coefficient (Wildman–Crippen LogP) is 3.51. The predicted molar refractivity (Wildman–Crippen MR) is 77.0 cm³/mol. The first-order valence-electron chi connectivity index (χ1n) is 5.70. The molecule has 4 nitrogen and oxygen atoms in total. The summed E-state index contributed by atoms with van der Waals surface area (Å²) in [6.45, 7) is 3.56. The molecule has 1 amide bonds. The van der Waals surface area contributed by atoms with Gasteiger partial charge in [-0.2, -0.15) is 0 Å². The lowest BCUT2D eigenvalue weighted by atomic mass is 10.3. The maximum absolute atomic E-state index is 11.9. The van der Waals surface area contributed by atoms with Crippen LogP contribution in [0.15, 0.2) is 29.6 Å². The maximum atomic E-state index is 11.9. The highest BCUT2D eigenvalue weighted by Gasteiger charge is 2.16. The average Bonchev–Trinajstić information content (AvgIpc) is 2.77. The molecule has 100 valence electrons. The molecule has 2 rings (SSSR count). The standard InChI is InChI=1S/C13H13ClN2O2S/c1-8-7-19-13(15-8)16-12(17)9(2)18-11-5-3-10(14)4-6-11/h3-7,9H,1-2H3,(H,15,16,17)/t9-/m0/s1. The van der Waals surface area contributed by atoms with Gasteiger partial charge in [0, 0.05) is 10.4 Å². The quantitative estimate of drug-likeness (QED) is 0.939. The van der Waals surface area contributed by atoms with Crippen LogP contribution in [0, 0.1) is 6.92 Å². The van der Waals surface area contributed by atoms with E-state index in [1.54, 1.807) is 31.2 Å². The van der Waals surface area contributed by atoms with E-state index < -0.39 is 6.10 Å². The van der Waals surface area contributed by atoms with Gasteiger partial charge in [0.15, 0.2) is 11.2 Å². The van der Waals surface area contributed by atoms with Crippen LogP contribution in [0.3, 0.4) is 0 Å². The fourth-order valence-electron chi connectivity index (χ4n) is 1.39. The second-order valence-corrected chi connectivity index (χ2v) is 5.29. The number of anilines is 1. The molecule has 0 aliphatic heterocycles. The average molecular weight is 297 g/mol. The SMILES string of the molecule is Cc1csc(NC(=O)[C@H](C)Oc2ccc(Cl)cc2)n1. The summed E-state index contributed by atoms with van der Waals surface area (Å²) in [5, 5.41) is 5.79. The number of aromatic nitrogens is 1. The van der Waals surface area contributed by atoms with E-state index in [1.165, 1.54) is 11.3 Å². The number of rotatable bonds is 4. The van der Waals surface area contributed by atoms with E-state index in [1.807, 2.05) is 12.3 Å². The highest BCUT2D eigenvalue weighted by molar-refractivity contribution is 7.13. The van der Waals surface area contributed by atoms with E-state index in [0.717, 1.165) is 5.69 Å². The second-order valence-electron chi connectivity index (χ2n) is 4.00. The zero-order valence-corrected chi connectivity index (χ0v) is 12.1. The molecule has 0 saturated carbocycles. The molecule has 0 bridgehead atoms. The van der Waals surface area contributed by atoms with Gasteiger partial charge in [0.05, 0.1) is 5.69 Å². The van der Waals surface area contributed by atoms with Crippen molar-refractivity contribution in [1.82, 2.24) is 4.98 Å². The topological polar surface area (TPSA) is 51.2 Å². The van der Waals surface area contributed by atoms with Crippen LogP contribution in [0.25, 0.3) is 0 Å². The van der Waals surface area contributed by atoms with Crippen molar-refractivity contribution < 1.29 is 9.53 Å². The summed E-state index contributed by atoms with van der Waals surface area (Å²) in [6.07, 6.45) is -0.606. The van der Waals surface area contributed by atoms with Crippen LogP contribution >= 0.6 is 22.9 Å². The van der Waals surface area contributed by atoms with Crippen molar-refractivity contribution in [1.29, 1.82) is 0 Å². The largest absolute Gasteiger partial charge is 0.481 e. The van der Waals surface area contributed by atoms with Gasteiger partial charge in [-0.05, 0) is 38.1 Å². The highest BCUT2D eigenvalue weighted by atomic mass is 35.5. The summed E-state index contributed by atoms with van der Waals surface area (Å²) in [5.41, 5.74) is 0.881. The van der Waals surface area contributed by atoms with Crippen LogP contribution in [-0.4, -0.2) is 17.0 Å². The number of carbonyl (C=O) groups excluding carboxylic acids is 1. The number of hydrogen-bond acceptors (Lipinski definition) is 4. The van der Waals surface area contributed by atoms with E-state index in [-0.39, 0.29) is 5.91 Å². The zero-order valence-electron chi connectivity index (χ0n) is 10.5. The zero-order chi connectivity index (χ0) is 13.8. The lowest BCUT2D eigenvalue weighted by Crippen LogP contribution is -2.30. The van der Waals surface area contributed by atoms with Gasteiger partial charge in [0.1, 0.15) is 5.75 Å².